The largest absolute Gasteiger partial charge is 0.465 e. The third kappa shape index (κ3) is 5.93. The second-order valence-corrected chi connectivity index (χ2v) is 6.58. The molecule has 1 N–H and O–H groups in total. The highest BCUT2D eigenvalue weighted by atomic mass is 79.9. The Morgan fingerprint density at radius 3 is 2.41 bits per heavy atom. The van der Waals surface area contributed by atoms with Crippen LogP contribution in [-0.4, -0.2) is 34.9 Å². The van der Waals surface area contributed by atoms with Gasteiger partial charge in [0.2, 0.25) is 5.91 Å². The number of nitrogens with zero attached hydrogens (tertiary/aromatic N) is 1. The number of nitrogens with one attached hydrogen (secondary N) is 1. The molecule has 0 spiro atoms. The van der Waals surface area contributed by atoms with E-state index in [2.05, 4.69) is 37.2 Å². The third-order valence-corrected chi connectivity index (χ3v) is 4.42. The molecule has 0 aliphatic heterocycles. The van der Waals surface area contributed by atoms with Gasteiger partial charge in [0.25, 0.3) is 5.69 Å². The topological polar surface area (TPSA) is 98.5 Å². The Labute approximate surface area is 147 Å². The lowest BCUT2D eigenvalue weighted by Crippen LogP contribution is -2.17. The van der Waals surface area contributed by atoms with Crippen LogP contribution in [-0.2, 0) is 14.3 Å². The number of anilines is 1. The summed E-state index contributed by atoms with van der Waals surface area (Å²) in [6, 6.07) is 2.60. The second kappa shape index (κ2) is 9.11. The van der Waals surface area contributed by atoms with Gasteiger partial charge < -0.3 is 10.1 Å². The van der Waals surface area contributed by atoms with Crippen LogP contribution in [0.15, 0.2) is 21.1 Å². The maximum Gasteiger partial charge on any atom is 0.315 e. The molecule has 1 rings (SSSR count). The molecule has 1 aromatic carbocycles. The van der Waals surface area contributed by atoms with Crippen molar-refractivity contribution in [1.82, 2.24) is 0 Å². The average Bonchev–Trinajstić information content (AvgIpc) is 2.42. The number of nitro groups is 1. The van der Waals surface area contributed by atoms with Crippen molar-refractivity contribution in [3.8, 4) is 0 Å². The number of carbonyl (C=O) groups excluding carboxylic acids is 2. The van der Waals surface area contributed by atoms with Gasteiger partial charge in [0, 0.05) is 21.1 Å². The fourth-order valence-corrected chi connectivity index (χ4v) is 3.36. The third-order valence-electron chi connectivity index (χ3n) is 2.26. The number of rotatable bonds is 7. The molecule has 0 atom stereocenters. The van der Waals surface area contributed by atoms with Crippen LogP contribution in [0.25, 0.3) is 0 Å². The van der Waals surface area contributed by atoms with Crippen molar-refractivity contribution in [3.63, 3.8) is 0 Å². The van der Waals surface area contributed by atoms with E-state index < -0.39 is 4.92 Å². The number of amides is 1. The molecule has 1 aromatic rings. The lowest BCUT2D eigenvalue weighted by atomic mass is 10.3. The normalized spacial score (nSPS) is 10.1. The number of hydrogen-bond acceptors (Lipinski definition) is 6. The van der Waals surface area contributed by atoms with Gasteiger partial charge in [0.1, 0.15) is 0 Å². The van der Waals surface area contributed by atoms with Gasteiger partial charge >= 0.3 is 5.97 Å². The van der Waals surface area contributed by atoms with Crippen molar-refractivity contribution in [2.75, 3.05) is 23.4 Å². The van der Waals surface area contributed by atoms with E-state index >= 15 is 0 Å². The number of halogens is 2. The van der Waals surface area contributed by atoms with Crippen molar-refractivity contribution < 1.29 is 19.2 Å². The number of nitro benzene ring substituents is 1. The molecule has 0 aliphatic rings. The summed E-state index contributed by atoms with van der Waals surface area (Å²) in [6.45, 7) is 2.01. The van der Waals surface area contributed by atoms with E-state index in [0.29, 0.717) is 21.2 Å². The van der Waals surface area contributed by atoms with Gasteiger partial charge in [-0.1, -0.05) is 0 Å². The summed E-state index contributed by atoms with van der Waals surface area (Å²) >= 11 is 7.48. The Morgan fingerprint density at radius 1 is 1.32 bits per heavy atom. The van der Waals surface area contributed by atoms with E-state index in [1.807, 2.05) is 0 Å². The summed E-state index contributed by atoms with van der Waals surface area (Å²) in [7, 11) is 0. The minimum absolute atomic E-state index is 0.0642. The van der Waals surface area contributed by atoms with E-state index in [-0.39, 0.29) is 29.1 Å². The summed E-state index contributed by atoms with van der Waals surface area (Å²) in [5.41, 5.74) is 0.292. The molecule has 0 bridgehead atoms. The molecule has 1 amide bonds. The zero-order valence-electron chi connectivity index (χ0n) is 11.4. The van der Waals surface area contributed by atoms with Crippen molar-refractivity contribution >= 4 is 66.9 Å². The van der Waals surface area contributed by atoms with Gasteiger partial charge in [0.05, 0.1) is 28.7 Å². The first-order valence-electron chi connectivity index (χ1n) is 6.01. The van der Waals surface area contributed by atoms with Gasteiger partial charge in [-0.25, -0.2) is 0 Å². The van der Waals surface area contributed by atoms with Crippen LogP contribution in [0.4, 0.5) is 11.4 Å². The number of non-ortho nitro benzene ring substituents is 1. The lowest BCUT2D eigenvalue weighted by Gasteiger charge is -2.09. The number of thioether (sulfide) groups is 1. The fourth-order valence-electron chi connectivity index (χ4n) is 1.39. The van der Waals surface area contributed by atoms with Gasteiger partial charge in [-0.15, -0.1) is 11.8 Å². The molecule has 0 fully saturated rings. The van der Waals surface area contributed by atoms with Crippen molar-refractivity contribution in [2.45, 2.75) is 6.92 Å². The summed E-state index contributed by atoms with van der Waals surface area (Å²) in [6.07, 6.45) is 0. The Hall–Kier alpha value is -1.13. The lowest BCUT2D eigenvalue weighted by molar-refractivity contribution is -0.385. The Balaban J connectivity index is 2.61. The molecule has 0 saturated heterocycles. The van der Waals surface area contributed by atoms with Gasteiger partial charge in [0.15, 0.2) is 0 Å². The molecule has 0 unspecified atom stereocenters. The van der Waals surface area contributed by atoms with Crippen LogP contribution in [0.5, 0.6) is 0 Å². The minimum Gasteiger partial charge on any atom is -0.465 e. The molecule has 0 aromatic heterocycles. The average molecular weight is 456 g/mol. The monoisotopic (exact) mass is 454 g/mol. The molecule has 0 heterocycles. The minimum atomic E-state index is -0.531. The van der Waals surface area contributed by atoms with Crippen LogP contribution in [0.2, 0.25) is 0 Å². The van der Waals surface area contributed by atoms with Gasteiger partial charge in [-0.05, 0) is 38.8 Å². The molecule has 10 heteroatoms. The first-order chi connectivity index (χ1) is 10.3. The number of hydrogen-bond donors (Lipinski definition) is 1. The SMILES string of the molecule is CCOC(=O)CSCC(=O)Nc1c(Br)cc([N+](=O)[O-])cc1Br. The van der Waals surface area contributed by atoms with Gasteiger partial charge in [-0.2, -0.15) is 0 Å². The molecular weight excluding hydrogens is 444 g/mol. The van der Waals surface area contributed by atoms with Crippen molar-refractivity contribution in [3.05, 3.63) is 31.2 Å². The van der Waals surface area contributed by atoms with E-state index in [0.717, 1.165) is 11.8 Å². The number of ether oxygens (including phenoxy) is 1. The predicted molar refractivity (Wildman–Crippen MR) is 91.1 cm³/mol. The highest BCUT2D eigenvalue weighted by Gasteiger charge is 2.16. The standard InChI is InChI=1S/C12H12Br2N2O5S/c1-2-21-11(18)6-22-5-10(17)15-12-8(13)3-7(16(19)20)4-9(12)14/h3-4H,2,5-6H2,1H3,(H,15,17). The van der Waals surface area contributed by atoms with E-state index in [1.165, 1.54) is 12.1 Å². The molecule has 7 nitrogen and oxygen atoms in total. The maximum absolute atomic E-state index is 11.8. The van der Waals surface area contributed by atoms with Crippen LogP contribution in [0.3, 0.4) is 0 Å². The van der Waals surface area contributed by atoms with Gasteiger partial charge in [-0.3, -0.25) is 19.7 Å². The molecule has 0 saturated carbocycles. The molecule has 0 radical (unpaired) electrons. The summed E-state index contributed by atoms with van der Waals surface area (Å²) in [5.74, 6) is -0.555. The highest BCUT2D eigenvalue weighted by Crippen LogP contribution is 2.35. The number of esters is 1. The zero-order chi connectivity index (χ0) is 16.7. The molecular formula is C12H12Br2N2O5S. The quantitative estimate of drug-likeness (QED) is 0.384. The van der Waals surface area contributed by atoms with Crippen LogP contribution in [0.1, 0.15) is 6.92 Å². The number of carbonyl (C=O) groups is 2. The molecule has 120 valence electrons. The Morgan fingerprint density at radius 2 is 1.91 bits per heavy atom. The summed E-state index contributed by atoms with van der Waals surface area (Å²) in [4.78, 5) is 33.1. The van der Waals surface area contributed by atoms with Crippen LogP contribution < -0.4 is 5.32 Å². The van der Waals surface area contributed by atoms with E-state index in [9.17, 15) is 19.7 Å². The first kappa shape index (κ1) is 18.9. The maximum atomic E-state index is 11.8. The highest BCUT2D eigenvalue weighted by molar-refractivity contribution is 9.11. The van der Waals surface area contributed by atoms with E-state index in [4.69, 9.17) is 4.74 Å². The van der Waals surface area contributed by atoms with Crippen molar-refractivity contribution in [2.24, 2.45) is 0 Å². The Bertz CT molecular complexity index is 574. The van der Waals surface area contributed by atoms with Crippen molar-refractivity contribution in [1.29, 1.82) is 0 Å². The summed E-state index contributed by atoms with van der Waals surface area (Å²) < 4.78 is 5.52. The second-order valence-electron chi connectivity index (χ2n) is 3.89. The Kier molecular flexibility index (Phi) is 7.83. The fraction of sp³-hybridized carbons (Fsp3) is 0.333. The smallest absolute Gasteiger partial charge is 0.315 e. The van der Waals surface area contributed by atoms with Crippen LogP contribution in [0, 0.1) is 10.1 Å². The predicted octanol–water partition coefficient (Wildman–Crippen LogP) is 3.35. The number of benzene rings is 1. The summed E-state index contributed by atoms with van der Waals surface area (Å²) in [5, 5.41) is 13.3. The molecule has 0 aliphatic carbocycles. The molecule has 22 heavy (non-hydrogen) atoms. The first-order valence-corrected chi connectivity index (χ1v) is 8.75. The van der Waals surface area contributed by atoms with Crippen LogP contribution >= 0.6 is 43.6 Å². The zero-order valence-corrected chi connectivity index (χ0v) is 15.4. The van der Waals surface area contributed by atoms with E-state index in [1.54, 1.807) is 6.92 Å².